The van der Waals surface area contributed by atoms with Crippen molar-refractivity contribution in [3.63, 3.8) is 0 Å². The van der Waals surface area contributed by atoms with E-state index in [2.05, 4.69) is 4.98 Å². The number of alkyl halides is 3. The van der Waals surface area contributed by atoms with Crippen molar-refractivity contribution >= 4 is 38.1 Å². The number of nitrogens with zero attached hydrogens (tertiary/aromatic N) is 1. The summed E-state index contributed by atoms with van der Waals surface area (Å²) in [5, 5.41) is -0.252. The third-order valence-electron chi connectivity index (χ3n) is 6.44. The molecule has 1 aromatic heterocycles. The minimum Gasteiger partial charge on any atom is -0.487 e. The molecular weight excluding hydrogens is 567 g/mol. The van der Waals surface area contributed by atoms with Gasteiger partial charge in [0.2, 0.25) is 0 Å². The summed E-state index contributed by atoms with van der Waals surface area (Å²) in [6.07, 6.45) is -3.66. The van der Waals surface area contributed by atoms with E-state index in [4.69, 9.17) is 21.1 Å². The Bertz CT molecular complexity index is 1610. The minimum absolute atomic E-state index is 0.0257. The lowest BCUT2D eigenvalue weighted by molar-refractivity contribution is -0.145. The molecule has 4 rings (SSSR count). The Kier molecular flexibility index (Phi) is 7.57. The molecule has 0 amide bonds. The Hall–Kier alpha value is -3.37. The summed E-state index contributed by atoms with van der Waals surface area (Å²) < 4.78 is 82.0. The normalized spacial score (nSPS) is 16.3. The quantitative estimate of drug-likeness (QED) is 0.286. The molecule has 1 aliphatic rings. The number of halogens is 4. The number of aromatic nitrogens is 1. The van der Waals surface area contributed by atoms with Crippen molar-refractivity contribution in [2.45, 2.75) is 52.1 Å². The number of carbonyl (C=O) groups is 1. The predicted molar refractivity (Wildman–Crippen MR) is 146 cm³/mol. The van der Waals surface area contributed by atoms with E-state index in [1.54, 1.807) is 30.3 Å². The fourth-order valence-electron chi connectivity index (χ4n) is 4.18. The van der Waals surface area contributed by atoms with Crippen molar-refractivity contribution in [3.8, 4) is 5.75 Å². The standard InChI is InChI=1S/C29H27ClF3NO5S/c1-27(2,3)26(35)39-22-18-12-9-15-34-25(18)28(4,5)40(36,37)24(22)21-19(29(31,32)33)13-14-20(30)23(21)38-16-17-10-7-6-8-11-17/h6-15H,16H2,1-5H3. The highest BCUT2D eigenvalue weighted by Gasteiger charge is 2.52. The highest BCUT2D eigenvalue weighted by atomic mass is 35.5. The van der Waals surface area contributed by atoms with Crippen LogP contribution in [-0.2, 0) is 36.9 Å². The van der Waals surface area contributed by atoms with Crippen molar-refractivity contribution in [2.24, 2.45) is 5.41 Å². The van der Waals surface area contributed by atoms with Gasteiger partial charge in [0.1, 0.15) is 22.0 Å². The molecule has 212 valence electrons. The molecule has 0 atom stereocenters. The van der Waals surface area contributed by atoms with Gasteiger partial charge in [-0.2, -0.15) is 13.2 Å². The smallest absolute Gasteiger partial charge is 0.417 e. The van der Waals surface area contributed by atoms with Gasteiger partial charge in [-0.25, -0.2) is 8.42 Å². The lowest BCUT2D eigenvalue weighted by atomic mass is 9.95. The molecule has 0 fully saturated rings. The van der Waals surface area contributed by atoms with E-state index in [1.807, 2.05) is 0 Å². The molecule has 0 bridgehead atoms. The van der Waals surface area contributed by atoms with Gasteiger partial charge in [-0.3, -0.25) is 9.78 Å². The molecular formula is C29H27ClF3NO5S. The average molecular weight is 594 g/mol. The molecule has 3 aromatic rings. The molecule has 0 saturated heterocycles. The molecule has 0 saturated carbocycles. The number of ether oxygens (including phenoxy) is 2. The summed E-state index contributed by atoms with van der Waals surface area (Å²) in [5.41, 5.74) is -2.57. The third-order valence-corrected chi connectivity index (χ3v) is 9.21. The van der Waals surface area contributed by atoms with Crippen LogP contribution in [0.15, 0.2) is 60.8 Å². The number of pyridine rings is 1. The second kappa shape index (κ2) is 10.2. The number of fused-ring (bicyclic) bond motifs is 1. The van der Waals surface area contributed by atoms with E-state index < -0.39 is 59.7 Å². The number of hydrogen-bond donors (Lipinski definition) is 0. The molecule has 0 spiro atoms. The Morgan fingerprint density at radius 3 is 2.25 bits per heavy atom. The molecule has 0 unspecified atom stereocenters. The molecule has 11 heteroatoms. The Morgan fingerprint density at radius 2 is 1.65 bits per heavy atom. The molecule has 0 aliphatic carbocycles. The molecule has 6 nitrogen and oxygen atoms in total. The van der Waals surface area contributed by atoms with E-state index in [0.29, 0.717) is 11.6 Å². The first-order chi connectivity index (χ1) is 18.5. The molecule has 0 radical (unpaired) electrons. The number of esters is 1. The molecule has 40 heavy (non-hydrogen) atoms. The Morgan fingerprint density at radius 1 is 1.00 bits per heavy atom. The zero-order valence-corrected chi connectivity index (χ0v) is 24.0. The van der Waals surface area contributed by atoms with Crippen molar-refractivity contribution in [1.82, 2.24) is 4.98 Å². The van der Waals surface area contributed by atoms with Gasteiger partial charge in [0, 0.05) is 11.8 Å². The maximum Gasteiger partial charge on any atom is 0.417 e. The van der Waals surface area contributed by atoms with Crippen LogP contribution in [0.4, 0.5) is 13.2 Å². The van der Waals surface area contributed by atoms with Gasteiger partial charge in [-0.1, -0.05) is 41.9 Å². The highest BCUT2D eigenvalue weighted by Crippen LogP contribution is 2.54. The van der Waals surface area contributed by atoms with Crippen LogP contribution in [0, 0.1) is 5.41 Å². The van der Waals surface area contributed by atoms with Gasteiger partial charge in [0.05, 0.1) is 27.3 Å². The van der Waals surface area contributed by atoms with Crippen molar-refractivity contribution in [1.29, 1.82) is 0 Å². The number of hydrogen-bond acceptors (Lipinski definition) is 6. The zero-order chi connectivity index (χ0) is 29.7. The first kappa shape index (κ1) is 29.6. The highest BCUT2D eigenvalue weighted by molar-refractivity contribution is 8.01. The SMILES string of the molecule is CC(C)(C)C(=O)OC1=C(c2c(C(F)(F)F)ccc(Cl)c2OCc2ccccc2)S(=O)(=O)C(C)(C)c2ncccc21. The maximum absolute atomic E-state index is 14.6. The second-order valence-corrected chi connectivity index (χ2v) is 13.6. The fraction of sp³-hybridized carbons (Fsp3) is 0.310. The van der Waals surface area contributed by atoms with Crippen LogP contribution in [0.3, 0.4) is 0 Å². The number of rotatable bonds is 5. The van der Waals surface area contributed by atoms with Gasteiger partial charge in [-0.05, 0) is 64.4 Å². The Balaban J connectivity index is 2.14. The predicted octanol–water partition coefficient (Wildman–Crippen LogP) is 7.41. The van der Waals surface area contributed by atoms with Crippen LogP contribution in [0.25, 0.3) is 10.7 Å². The van der Waals surface area contributed by atoms with Crippen LogP contribution in [0.1, 0.15) is 62.6 Å². The van der Waals surface area contributed by atoms with E-state index in [0.717, 1.165) is 6.07 Å². The number of benzene rings is 2. The van der Waals surface area contributed by atoms with Crippen molar-refractivity contribution in [3.05, 3.63) is 93.8 Å². The van der Waals surface area contributed by atoms with Gasteiger partial charge in [-0.15, -0.1) is 0 Å². The van der Waals surface area contributed by atoms with Gasteiger partial charge < -0.3 is 9.47 Å². The summed E-state index contributed by atoms with van der Waals surface area (Å²) >= 11 is 6.40. The zero-order valence-electron chi connectivity index (χ0n) is 22.4. The summed E-state index contributed by atoms with van der Waals surface area (Å²) in [5.74, 6) is -1.93. The topological polar surface area (TPSA) is 82.6 Å². The fourth-order valence-corrected chi connectivity index (χ4v) is 6.19. The van der Waals surface area contributed by atoms with Crippen molar-refractivity contribution < 1.29 is 35.9 Å². The maximum atomic E-state index is 14.6. The third kappa shape index (κ3) is 5.22. The first-order valence-electron chi connectivity index (χ1n) is 12.2. The molecule has 2 aromatic carbocycles. The molecule has 0 N–H and O–H groups in total. The lowest BCUT2D eigenvalue weighted by Crippen LogP contribution is -2.37. The average Bonchev–Trinajstić information content (AvgIpc) is 2.86. The van der Waals surface area contributed by atoms with E-state index in [-0.39, 0.29) is 22.9 Å². The van der Waals surface area contributed by atoms with Gasteiger partial charge in [0.15, 0.2) is 15.6 Å². The summed E-state index contributed by atoms with van der Waals surface area (Å²) in [4.78, 5) is 16.5. The summed E-state index contributed by atoms with van der Waals surface area (Å²) in [6, 6.07) is 13.2. The monoisotopic (exact) mass is 593 g/mol. The van der Waals surface area contributed by atoms with E-state index in [1.165, 1.54) is 52.9 Å². The Labute approximate surface area is 235 Å². The van der Waals surface area contributed by atoms with Gasteiger partial charge in [0.25, 0.3) is 0 Å². The van der Waals surface area contributed by atoms with Crippen LogP contribution >= 0.6 is 11.6 Å². The number of sulfone groups is 1. The van der Waals surface area contributed by atoms with E-state index in [9.17, 15) is 26.4 Å². The molecule has 1 aliphatic heterocycles. The van der Waals surface area contributed by atoms with E-state index >= 15 is 0 Å². The second-order valence-electron chi connectivity index (χ2n) is 10.8. The summed E-state index contributed by atoms with van der Waals surface area (Å²) in [6.45, 7) is 7.07. The lowest BCUT2D eigenvalue weighted by Gasteiger charge is -2.35. The van der Waals surface area contributed by atoms with Gasteiger partial charge >= 0.3 is 12.1 Å². The summed E-state index contributed by atoms with van der Waals surface area (Å²) in [7, 11) is -4.71. The van der Waals surface area contributed by atoms with Crippen LogP contribution in [0.5, 0.6) is 5.75 Å². The first-order valence-corrected chi connectivity index (χ1v) is 14.1. The largest absolute Gasteiger partial charge is 0.487 e. The van der Waals surface area contributed by atoms with Crippen LogP contribution in [0.2, 0.25) is 5.02 Å². The van der Waals surface area contributed by atoms with Crippen LogP contribution < -0.4 is 4.74 Å². The van der Waals surface area contributed by atoms with Crippen molar-refractivity contribution in [2.75, 3.05) is 0 Å². The minimum atomic E-state index is -5.02. The number of carbonyl (C=O) groups excluding carboxylic acids is 1. The van der Waals surface area contributed by atoms with Crippen LogP contribution in [-0.4, -0.2) is 19.4 Å². The molecule has 2 heterocycles.